The maximum Gasteiger partial charge on any atom is 0.336 e. The second-order valence-corrected chi connectivity index (χ2v) is 4.20. The van der Waals surface area contributed by atoms with E-state index >= 15 is 0 Å². The molecule has 2 aromatic carbocycles. The van der Waals surface area contributed by atoms with Crippen LogP contribution in [0.2, 0.25) is 0 Å². The lowest BCUT2D eigenvalue weighted by Crippen LogP contribution is -2.05. The van der Waals surface area contributed by atoms with E-state index in [2.05, 4.69) is 9.58 Å². The first-order valence-corrected chi connectivity index (χ1v) is 6.18. The molecule has 0 saturated carbocycles. The number of carbonyl (C=O) groups is 1. The Labute approximate surface area is 122 Å². The van der Waals surface area contributed by atoms with Crippen LogP contribution in [-0.2, 0) is 9.53 Å². The highest BCUT2D eigenvalue weighted by molar-refractivity contribution is 6.03. The van der Waals surface area contributed by atoms with Gasteiger partial charge in [-0.05, 0) is 23.3 Å². The number of benzene rings is 2. The highest BCUT2D eigenvalue weighted by Crippen LogP contribution is 2.28. The Kier molecular flexibility index (Phi) is 4.47. The molecule has 0 bridgehead atoms. The van der Waals surface area contributed by atoms with E-state index in [1.807, 2.05) is 6.07 Å². The van der Waals surface area contributed by atoms with E-state index < -0.39 is 5.97 Å². The predicted molar refractivity (Wildman–Crippen MR) is 77.5 cm³/mol. The van der Waals surface area contributed by atoms with Crippen molar-refractivity contribution in [2.75, 3.05) is 7.11 Å². The van der Waals surface area contributed by atoms with Crippen molar-refractivity contribution in [3.8, 4) is 0 Å². The summed E-state index contributed by atoms with van der Waals surface area (Å²) in [6.07, 6.45) is 0. The van der Waals surface area contributed by atoms with Gasteiger partial charge in [0, 0.05) is 5.57 Å². The molecule has 0 atom stereocenters. The van der Waals surface area contributed by atoms with Gasteiger partial charge < -0.3 is 4.74 Å². The fourth-order valence-corrected chi connectivity index (χ4v) is 1.96. The van der Waals surface area contributed by atoms with Gasteiger partial charge in [0.15, 0.2) is 0 Å². The van der Waals surface area contributed by atoms with E-state index in [0.29, 0.717) is 16.7 Å². The van der Waals surface area contributed by atoms with Gasteiger partial charge in [0.2, 0.25) is 0 Å². The topological polar surface area (TPSA) is 30.7 Å². The minimum atomic E-state index is -0.715. The van der Waals surface area contributed by atoms with Crippen molar-refractivity contribution >= 4 is 11.5 Å². The molecule has 0 amide bonds. The van der Waals surface area contributed by atoms with Crippen molar-refractivity contribution in [2.24, 2.45) is 0 Å². The summed E-state index contributed by atoms with van der Waals surface area (Å²) in [4.78, 5) is 15.1. The molecular weight excluding hydrogens is 269 g/mol. The second-order valence-electron chi connectivity index (χ2n) is 4.20. The summed E-state index contributed by atoms with van der Waals surface area (Å²) in [6, 6.07) is 14.7. The molecule has 0 aliphatic carbocycles. The van der Waals surface area contributed by atoms with Crippen molar-refractivity contribution in [3.63, 3.8) is 0 Å². The lowest BCUT2D eigenvalue weighted by atomic mass is 9.96. The summed E-state index contributed by atoms with van der Waals surface area (Å²) in [7, 11) is 1.22. The molecule has 0 aromatic heterocycles. The number of carbonyl (C=O) groups excluding carboxylic acids is 1. The number of hydrogen-bond acceptors (Lipinski definition) is 2. The summed E-state index contributed by atoms with van der Waals surface area (Å²) in [5, 5.41) is 0. The van der Waals surface area contributed by atoms with Crippen LogP contribution in [0.1, 0.15) is 11.1 Å². The highest BCUT2D eigenvalue weighted by Gasteiger charge is 2.19. The Morgan fingerprint density at radius 3 is 2.14 bits per heavy atom. The molecule has 21 heavy (non-hydrogen) atoms. The Bertz CT molecular complexity index is 713. The van der Waals surface area contributed by atoms with E-state index in [-0.39, 0.29) is 11.5 Å². The zero-order valence-electron chi connectivity index (χ0n) is 11.3. The Hall–Kier alpha value is -2.93. The number of methoxy groups -OCH3 is 1. The first-order chi connectivity index (χ1) is 10.2. The van der Waals surface area contributed by atoms with Gasteiger partial charge in [-0.15, -0.1) is 0 Å². The SMILES string of the molecule is [C-]#[N+]/C(C(=O)OC)=C(\c1ccccc1)c1ccc(F)cc1. The van der Waals surface area contributed by atoms with Crippen LogP contribution >= 0.6 is 0 Å². The van der Waals surface area contributed by atoms with Crippen LogP contribution in [0, 0.1) is 12.4 Å². The van der Waals surface area contributed by atoms with Crippen molar-refractivity contribution in [3.05, 3.63) is 88.7 Å². The molecule has 4 heteroatoms. The summed E-state index contributed by atoms with van der Waals surface area (Å²) in [5.41, 5.74) is 1.58. The standard InChI is InChI=1S/C17H12FNO2/c1-19-16(17(20)21-2)15(12-6-4-3-5-7-12)13-8-10-14(18)11-9-13/h3-11H,2H3/b16-15+. The zero-order valence-corrected chi connectivity index (χ0v) is 11.3. The number of halogens is 1. The molecule has 0 aliphatic rings. The summed E-state index contributed by atoms with van der Waals surface area (Å²) >= 11 is 0. The highest BCUT2D eigenvalue weighted by atomic mass is 19.1. The van der Waals surface area contributed by atoms with Crippen LogP contribution in [0.4, 0.5) is 4.39 Å². The molecule has 3 nitrogen and oxygen atoms in total. The first-order valence-electron chi connectivity index (χ1n) is 6.18. The number of rotatable bonds is 3. The fraction of sp³-hybridized carbons (Fsp3) is 0.0588. The minimum Gasteiger partial charge on any atom is -0.474 e. The van der Waals surface area contributed by atoms with Crippen molar-refractivity contribution < 1.29 is 13.9 Å². The quantitative estimate of drug-likeness (QED) is 0.488. The van der Waals surface area contributed by atoms with Crippen LogP contribution in [0.15, 0.2) is 60.3 Å². The Morgan fingerprint density at radius 2 is 1.62 bits per heavy atom. The first kappa shape index (κ1) is 14.5. The molecule has 2 rings (SSSR count). The molecule has 0 aliphatic heterocycles. The van der Waals surface area contributed by atoms with E-state index in [4.69, 9.17) is 6.57 Å². The summed E-state index contributed by atoms with van der Waals surface area (Å²) in [5.74, 6) is -1.10. The molecule has 0 unspecified atom stereocenters. The van der Waals surface area contributed by atoms with Gasteiger partial charge in [-0.1, -0.05) is 42.5 Å². The second kappa shape index (κ2) is 6.49. The van der Waals surface area contributed by atoms with Crippen LogP contribution in [0.3, 0.4) is 0 Å². The molecule has 0 N–H and O–H groups in total. The van der Waals surface area contributed by atoms with E-state index in [1.165, 1.54) is 31.4 Å². The largest absolute Gasteiger partial charge is 0.474 e. The van der Waals surface area contributed by atoms with E-state index in [9.17, 15) is 9.18 Å². The van der Waals surface area contributed by atoms with Gasteiger partial charge in [-0.25, -0.2) is 9.24 Å². The van der Waals surface area contributed by atoms with Gasteiger partial charge in [0.1, 0.15) is 5.82 Å². The van der Waals surface area contributed by atoms with E-state index in [1.54, 1.807) is 24.3 Å². The molecule has 2 aromatic rings. The van der Waals surface area contributed by atoms with Crippen LogP contribution in [-0.4, -0.2) is 13.1 Å². The maximum atomic E-state index is 13.1. The Morgan fingerprint density at radius 1 is 1.05 bits per heavy atom. The average Bonchev–Trinajstić information content (AvgIpc) is 2.54. The fourth-order valence-electron chi connectivity index (χ4n) is 1.96. The number of ether oxygens (including phenoxy) is 1. The van der Waals surface area contributed by atoms with Crippen LogP contribution in [0.25, 0.3) is 10.4 Å². The maximum absolute atomic E-state index is 13.1. The van der Waals surface area contributed by atoms with Crippen molar-refractivity contribution in [1.29, 1.82) is 0 Å². The molecular formula is C17H12FNO2. The summed E-state index contributed by atoms with van der Waals surface area (Å²) in [6.45, 7) is 7.26. The average molecular weight is 281 g/mol. The van der Waals surface area contributed by atoms with Gasteiger partial charge in [0.25, 0.3) is 5.70 Å². The molecule has 0 spiro atoms. The van der Waals surface area contributed by atoms with Gasteiger partial charge >= 0.3 is 5.97 Å². The number of hydrogen-bond donors (Lipinski definition) is 0. The third-order valence-electron chi connectivity index (χ3n) is 2.92. The van der Waals surface area contributed by atoms with Gasteiger partial charge in [-0.3, -0.25) is 4.79 Å². The van der Waals surface area contributed by atoms with Crippen molar-refractivity contribution in [1.82, 2.24) is 0 Å². The normalized spacial score (nSPS) is 11.3. The van der Waals surface area contributed by atoms with E-state index in [0.717, 1.165) is 0 Å². The molecule has 0 radical (unpaired) electrons. The third kappa shape index (κ3) is 3.15. The Balaban J connectivity index is 2.71. The smallest absolute Gasteiger partial charge is 0.336 e. The molecule has 0 saturated heterocycles. The number of nitrogens with zero attached hydrogens (tertiary/aromatic N) is 1. The van der Waals surface area contributed by atoms with Crippen LogP contribution in [0.5, 0.6) is 0 Å². The predicted octanol–water partition coefficient (Wildman–Crippen LogP) is 3.68. The molecule has 0 fully saturated rings. The lowest BCUT2D eigenvalue weighted by molar-refractivity contribution is -0.135. The number of esters is 1. The van der Waals surface area contributed by atoms with Crippen LogP contribution < -0.4 is 0 Å². The summed E-state index contributed by atoms with van der Waals surface area (Å²) < 4.78 is 17.8. The van der Waals surface area contributed by atoms with Gasteiger partial charge in [0.05, 0.1) is 13.7 Å². The molecule has 104 valence electrons. The van der Waals surface area contributed by atoms with Crippen molar-refractivity contribution in [2.45, 2.75) is 0 Å². The monoisotopic (exact) mass is 281 g/mol. The third-order valence-corrected chi connectivity index (χ3v) is 2.92. The molecule has 0 heterocycles. The zero-order chi connectivity index (χ0) is 15.2. The lowest BCUT2D eigenvalue weighted by Gasteiger charge is -2.11. The van der Waals surface area contributed by atoms with Gasteiger partial charge in [-0.2, -0.15) is 0 Å². The minimum absolute atomic E-state index is 0.129.